The van der Waals surface area contributed by atoms with Crippen molar-refractivity contribution < 1.29 is 9.53 Å². The molecule has 3 heterocycles. The number of nitrogens with zero attached hydrogens (tertiary/aromatic N) is 3. The maximum atomic E-state index is 14.0. The van der Waals surface area contributed by atoms with Crippen molar-refractivity contribution >= 4 is 27.8 Å². The molecule has 0 saturated carbocycles. The molecule has 1 saturated heterocycles. The molecule has 0 spiro atoms. The fourth-order valence-electron chi connectivity index (χ4n) is 5.76. The molecule has 3 aromatic carbocycles. The van der Waals surface area contributed by atoms with Crippen molar-refractivity contribution in [2.24, 2.45) is 0 Å². The summed E-state index contributed by atoms with van der Waals surface area (Å²) in [6, 6.07) is 24.0. The molecule has 0 atom stereocenters. The van der Waals surface area contributed by atoms with Gasteiger partial charge in [-0.2, -0.15) is 0 Å². The molecular weight excluding hydrogens is 488 g/mol. The molecule has 0 unspecified atom stereocenters. The van der Waals surface area contributed by atoms with E-state index in [1.165, 1.54) is 11.1 Å². The molecule has 1 aliphatic rings. The topological polar surface area (TPSA) is 72.3 Å². The van der Waals surface area contributed by atoms with E-state index in [1.807, 2.05) is 70.1 Å². The lowest BCUT2D eigenvalue weighted by atomic mass is 10.0. The molecule has 0 aliphatic carbocycles. The number of aromatic amines is 1. The van der Waals surface area contributed by atoms with E-state index in [0.717, 1.165) is 40.5 Å². The lowest BCUT2D eigenvalue weighted by molar-refractivity contribution is 0.0685. The summed E-state index contributed by atoms with van der Waals surface area (Å²) in [5, 5.41) is 0.913. The van der Waals surface area contributed by atoms with E-state index in [1.54, 1.807) is 6.08 Å². The fourth-order valence-corrected chi connectivity index (χ4v) is 5.76. The number of aromatic nitrogens is 3. The highest BCUT2D eigenvalue weighted by Crippen LogP contribution is 2.32. The Bertz CT molecular complexity index is 1730. The molecule has 1 N–H and O–H groups in total. The zero-order chi connectivity index (χ0) is 26.9. The van der Waals surface area contributed by atoms with Gasteiger partial charge < -0.3 is 19.2 Å². The number of imidazole rings is 1. The molecule has 0 radical (unpaired) electrons. The molecular formula is C32H32N4O3. The minimum Gasteiger partial charge on any atom is -0.489 e. The van der Waals surface area contributed by atoms with Crippen LogP contribution in [0.25, 0.3) is 21.9 Å². The van der Waals surface area contributed by atoms with Crippen molar-refractivity contribution in [3.63, 3.8) is 0 Å². The molecule has 0 bridgehead atoms. The summed E-state index contributed by atoms with van der Waals surface area (Å²) >= 11 is 0. The number of aryl methyl sites for hydroxylation is 1. The van der Waals surface area contributed by atoms with E-state index in [4.69, 9.17) is 4.74 Å². The minimum atomic E-state index is -0.0913. The second kappa shape index (κ2) is 10.3. The van der Waals surface area contributed by atoms with E-state index in [0.29, 0.717) is 31.9 Å². The number of carbonyl (C=O) groups is 1. The van der Waals surface area contributed by atoms with Crippen LogP contribution in [-0.4, -0.2) is 44.6 Å². The van der Waals surface area contributed by atoms with Crippen LogP contribution in [0.1, 0.15) is 40.5 Å². The van der Waals surface area contributed by atoms with E-state index in [2.05, 4.69) is 35.2 Å². The zero-order valence-corrected chi connectivity index (χ0v) is 22.1. The van der Waals surface area contributed by atoms with Gasteiger partial charge >= 0.3 is 5.69 Å². The molecule has 7 heteroatoms. The number of H-pyrrole nitrogens is 1. The Morgan fingerprint density at radius 3 is 2.56 bits per heavy atom. The number of ether oxygens (including phenoxy) is 1. The lowest BCUT2D eigenvalue weighted by Crippen LogP contribution is -2.41. The second-order valence-corrected chi connectivity index (χ2v) is 10.2. The van der Waals surface area contributed by atoms with E-state index in [9.17, 15) is 9.59 Å². The van der Waals surface area contributed by atoms with Gasteiger partial charge in [0.25, 0.3) is 5.91 Å². The van der Waals surface area contributed by atoms with Gasteiger partial charge in [-0.3, -0.25) is 9.36 Å². The number of carbonyl (C=O) groups excluding carboxylic acids is 1. The predicted molar refractivity (Wildman–Crippen MR) is 155 cm³/mol. The highest BCUT2D eigenvalue weighted by molar-refractivity contribution is 6.00. The third-order valence-corrected chi connectivity index (χ3v) is 7.81. The number of benzene rings is 3. The summed E-state index contributed by atoms with van der Waals surface area (Å²) in [5.41, 5.74) is 5.62. The van der Waals surface area contributed by atoms with Gasteiger partial charge in [-0.25, -0.2) is 4.79 Å². The van der Waals surface area contributed by atoms with Crippen LogP contribution < -0.4 is 10.4 Å². The number of hydrogen-bond donors (Lipinski definition) is 1. The molecule has 198 valence electrons. The second-order valence-electron chi connectivity index (χ2n) is 10.2. The summed E-state index contributed by atoms with van der Waals surface area (Å²) in [7, 11) is 0. The van der Waals surface area contributed by atoms with Crippen LogP contribution in [0.15, 0.2) is 90.2 Å². The van der Waals surface area contributed by atoms with Gasteiger partial charge in [0.05, 0.1) is 16.6 Å². The molecule has 1 amide bonds. The standard InChI is InChI=1S/C32H32N4O3/c1-3-19-39-30-14-8-13-27-25(30)20-29(35(27)21-23-10-5-4-9-22(23)2)31(37)34-17-15-24(16-18-34)36-28-12-7-6-11-26(28)33-32(36)38/h3-14,20,24H,1,15-19,21H2,2H3,(H,33,38). The van der Waals surface area contributed by atoms with Gasteiger partial charge in [0.2, 0.25) is 0 Å². The Morgan fingerprint density at radius 1 is 1.03 bits per heavy atom. The van der Waals surface area contributed by atoms with Crippen molar-refractivity contribution in [3.05, 3.63) is 113 Å². The molecule has 39 heavy (non-hydrogen) atoms. The summed E-state index contributed by atoms with van der Waals surface area (Å²) in [5.74, 6) is 0.738. The van der Waals surface area contributed by atoms with Crippen molar-refractivity contribution in [3.8, 4) is 5.75 Å². The molecule has 5 aromatic rings. The average Bonchev–Trinajstić information content (AvgIpc) is 3.50. The third kappa shape index (κ3) is 4.54. The van der Waals surface area contributed by atoms with Crippen LogP contribution in [0, 0.1) is 6.92 Å². The highest BCUT2D eigenvalue weighted by atomic mass is 16.5. The Hall–Kier alpha value is -4.52. The predicted octanol–water partition coefficient (Wildman–Crippen LogP) is 5.68. The van der Waals surface area contributed by atoms with Gasteiger partial charge in [0.15, 0.2) is 0 Å². The number of para-hydroxylation sites is 2. The first-order valence-electron chi connectivity index (χ1n) is 13.4. The summed E-state index contributed by atoms with van der Waals surface area (Å²) in [6.45, 7) is 8.01. The van der Waals surface area contributed by atoms with Crippen molar-refractivity contribution in [2.45, 2.75) is 32.4 Å². The van der Waals surface area contributed by atoms with Crippen LogP contribution in [0.4, 0.5) is 0 Å². The van der Waals surface area contributed by atoms with Gasteiger partial charge in [-0.15, -0.1) is 0 Å². The Morgan fingerprint density at radius 2 is 1.77 bits per heavy atom. The smallest absolute Gasteiger partial charge is 0.326 e. The van der Waals surface area contributed by atoms with Crippen molar-refractivity contribution in [1.82, 2.24) is 19.0 Å². The van der Waals surface area contributed by atoms with Crippen LogP contribution in [0.5, 0.6) is 5.75 Å². The Kier molecular flexibility index (Phi) is 6.57. The van der Waals surface area contributed by atoms with E-state index < -0.39 is 0 Å². The maximum absolute atomic E-state index is 14.0. The van der Waals surface area contributed by atoms with Crippen LogP contribution in [-0.2, 0) is 6.54 Å². The summed E-state index contributed by atoms with van der Waals surface area (Å²) < 4.78 is 9.91. The van der Waals surface area contributed by atoms with E-state index in [-0.39, 0.29) is 17.6 Å². The minimum absolute atomic E-state index is 0.000761. The number of amides is 1. The van der Waals surface area contributed by atoms with Gasteiger partial charge in [0.1, 0.15) is 18.1 Å². The quantitative estimate of drug-likeness (QED) is 0.281. The van der Waals surface area contributed by atoms with Gasteiger partial charge in [-0.05, 0) is 61.2 Å². The maximum Gasteiger partial charge on any atom is 0.326 e. The first-order chi connectivity index (χ1) is 19.0. The number of fused-ring (bicyclic) bond motifs is 2. The van der Waals surface area contributed by atoms with Crippen LogP contribution in [0.2, 0.25) is 0 Å². The lowest BCUT2D eigenvalue weighted by Gasteiger charge is -2.32. The van der Waals surface area contributed by atoms with Gasteiger partial charge in [0, 0.05) is 31.1 Å². The first-order valence-corrected chi connectivity index (χ1v) is 13.4. The fraction of sp³-hybridized carbons (Fsp3) is 0.250. The normalized spacial score (nSPS) is 14.2. The molecule has 2 aromatic heterocycles. The Balaban J connectivity index is 1.32. The SMILES string of the molecule is C=CCOc1cccc2c1cc(C(=O)N1CCC(n3c(=O)[nH]c4ccccc43)CC1)n2Cc1ccccc1C. The largest absolute Gasteiger partial charge is 0.489 e. The van der Waals surface area contributed by atoms with Crippen LogP contribution >= 0.6 is 0 Å². The number of piperidine rings is 1. The van der Waals surface area contributed by atoms with Gasteiger partial charge in [-0.1, -0.05) is 55.1 Å². The third-order valence-electron chi connectivity index (χ3n) is 7.81. The number of hydrogen-bond acceptors (Lipinski definition) is 3. The highest BCUT2D eigenvalue weighted by Gasteiger charge is 2.29. The molecule has 6 rings (SSSR count). The summed E-state index contributed by atoms with van der Waals surface area (Å²) in [4.78, 5) is 31.6. The number of rotatable bonds is 7. The van der Waals surface area contributed by atoms with Crippen molar-refractivity contribution in [1.29, 1.82) is 0 Å². The zero-order valence-electron chi connectivity index (χ0n) is 22.1. The summed E-state index contributed by atoms with van der Waals surface area (Å²) in [6.07, 6.45) is 3.16. The molecule has 7 nitrogen and oxygen atoms in total. The number of likely N-dealkylation sites (tertiary alicyclic amines) is 1. The van der Waals surface area contributed by atoms with E-state index >= 15 is 0 Å². The molecule has 1 aliphatic heterocycles. The Labute approximate surface area is 226 Å². The monoisotopic (exact) mass is 520 g/mol. The van der Waals surface area contributed by atoms with Crippen molar-refractivity contribution in [2.75, 3.05) is 19.7 Å². The first kappa shape index (κ1) is 24.8. The average molecular weight is 521 g/mol. The number of nitrogens with one attached hydrogen (secondary N) is 1. The van der Waals surface area contributed by atoms with Crippen LogP contribution in [0.3, 0.4) is 0 Å². The molecule has 1 fully saturated rings.